The fourth-order valence-electron chi connectivity index (χ4n) is 5.13. The van der Waals surface area contributed by atoms with E-state index in [1.807, 2.05) is 24.4 Å². The predicted octanol–water partition coefficient (Wildman–Crippen LogP) is 4.67. The van der Waals surface area contributed by atoms with Gasteiger partial charge in [-0.3, -0.25) is 9.78 Å². The number of pyridine rings is 1. The molecule has 2 fully saturated rings. The van der Waals surface area contributed by atoms with Crippen molar-refractivity contribution in [2.75, 3.05) is 19.6 Å². The number of carbonyl (C=O) groups excluding carboxylic acids is 1. The molecule has 2 aliphatic rings. The van der Waals surface area contributed by atoms with Crippen LogP contribution in [0.5, 0.6) is 0 Å². The number of piperidine rings is 1. The quantitative estimate of drug-likeness (QED) is 0.461. The van der Waals surface area contributed by atoms with Gasteiger partial charge in [0, 0.05) is 37.7 Å². The number of nitrogens with one attached hydrogen (secondary N) is 1. The van der Waals surface area contributed by atoms with Crippen LogP contribution in [0.1, 0.15) is 79.7 Å². The fraction of sp³-hybridized carbons (Fsp3) is 0.500. The van der Waals surface area contributed by atoms with Crippen LogP contribution in [0.3, 0.4) is 0 Å². The highest BCUT2D eigenvalue weighted by molar-refractivity contribution is 5.76. The zero-order chi connectivity index (χ0) is 23.9. The average molecular weight is 474 g/mol. The van der Waals surface area contributed by atoms with Gasteiger partial charge >= 0.3 is 0 Å². The van der Waals surface area contributed by atoms with E-state index in [0.29, 0.717) is 24.7 Å². The number of amides is 1. The molecule has 0 radical (unpaired) electrons. The Labute approximate surface area is 207 Å². The standard InChI is InChI=1S/C28H35N5O2/c34-27(19-21-6-4-7-21)30-25(23-9-2-1-3-10-23)13-17-33-15-11-24(12-16-33)28-31-26(32-35-28)18-22-8-5-14-29-20-22/h1-3,5,8-10,14,20-21,24-25H,4,6-7,11-13,15-19H2,(H,30,34)/t25-/m0/s1. The van der Waals surface area contributed by atoms with Crippen molar-refractivity contribution in [1.29, 1.82) is 0 Å². The summed E-state index contributed by atoms with van der Waals surface area (Å²) in [5, 5.41) is 7.52. The monoisotopic (exact) mass is 473 g/mol. The molecular weight excluding hydrogens is 438 g/mol. The maximum absolute atomic E-state index is 12.6. The number of nitrogens with zero attached hydrogens (tertiary/aromatic N) is 4. The molecule has 1 aliphatic carbocycles. The molecule has 1 atom stereocenters. The number of aromatic nitrogens is 3. The third-order valence-electron chi connectivity index (χ3n) is 7.48. The number of hydrogen-bond acceptors (Lipinski definition) is 6. The Kier molecular flexibility index (Phi) is 7.83. The second kappa shape index (κ2) is 11.6. The molecule has 3 aromatic rings. The minimum atomic E-state index is 0.0625. The van der Waals surface area contributed by atoms with E-state index in [2.05, 4.69) is 49.6 Å². The maximum Gasteiger partial charge on any atom is 0.229 e. The number of hydrogen-bond donors (Lipinski definition) is 1. The minimum absolute atomic E-state index is 0.0625. The zero-order valence-electron chi connectivity index (χ0n) is 20.3. The molecule has 1 N–H and O–H groups in total. The normalized spacial score (nSPS) is 18.2. The van der Waals surface area contributed by atoms with Gasteiger partial charge in [0.15, 0.2) is 5.82 Å². The number of carbonyl (C=O) groups is 1. The van der Waals surface area contributed by atoms with Crippen molar-refractivity contribution in [3.8, 4) is 0 Å². The average Bonchev–Trinajstić information content (AvgIpc) is 3.34. The molecule has 0 bridgehead atoms. The molecule has 1 amide bonds. The predicted molar refractivity (Wildman–Crippen MR) is 134 cm³/mol. The van der Waals surface area contributed by atoms with E-state index in [0.717, 1.165) is 56.2 Å². The Morgan fingerprint density at radius 2 is 1.91 bits per heavy atom. The van der Waals surface area contributed by atoms with Gasteiger partial charge in [-0.05, 0) is 68.3 Å². The van der Waals surface area contributed by atoms with Crippen molar-refractivity contribution in [3.05, 3.63) is 77.7 Å². The summed E-state index contributed by atoms with van der Waals surface area (Å²) >= 11 is 0. The van der Waals surface area contributed by atoms with Crippen LogP contribution >= 0.6 is 0 Å². The van der Waals surface area contributed by atoms with Gasteiger partial charge in [-0.1, -0.05) is 48.0 Å². The Balaban J connectivity index is 1.11. The molecular formula is C28H35N5O2. The highest BCUT2D eigenvalue weighted by Crippen LogP contribution is 2.30. The molecule has 7 nitrogen and oxygen atoms in total. The summed E-state index contributed by atoms with van der Waals surface area (Å²) < 4.78 is 5.61. The van der Waals surface area contributed by atoms with Crippen LogP contribution in [0, 0.1) is 5.92 Å². The molecule has 0 unspecified atom stereocenters. The van der Waals surface area contributed by atoms with E-state index in [1.165, 1.54) is 24.8 Å². The zero-order valence-corrected chi connectivity index (χ0v) is 20.3. The largest absolute Gasteiger partial charge is 0.349 e. The van der Waals surface area contributed by atoms with Crippen molar-refractivity contribution < 1.29 is 9.32 Å². The molecule has 1 aliphatic heterocycles. The fourth-order valence-corrected chi connectivity index (χ4v) is 5.13. The number of likely N-dealkylation sites (tertiary alicyclic amines) is 1. The lowest BCUT2D eigenvalue weighted by Gasteiger charge is -2.32. The molecule has 1 saturated carbocycles. The van der Waals surface area contributed by atoms with Crippen LogP contribution in [0.25, 0.3) is 0 Å². The molecule has 1 saturated heterocycles. The van der Waals surface area contributed by atoms with E-state index in [9.17, 15) is 4.79 Å². The summed E-state index contributed by atoms with van der Waals surface area (Å²) in [6.45, 7) is 2.97. The molecule has 0 spiro atoms. The lowest BCUT2D eigenvalue weighted by molar-refractivity contribution is -0.123. The van der Waals surface area contributed by atoms with E-state index < -0.39 is 0 Å². The van der Waals surface area contributed by atoms with Crippen LogP contribution in [-0.4, -0.2) is 45.6 Å². The summed E-state index contributed by atoms with van der Waals surface area (Å²) in [5.41, 5.74) is 2.28. The molecule has 35 heavy (non-hydrogen) atoms. The van der Waals surface area contributed by atoms with Gasteiger partial charge in [0.05, 0.1) is 6.04 Å². The van der Waals surface area contributed by atoms with Gasteiger partial charge < -0.3 is 14.7 Å². The van der Waals surface area contributed by atoms with E-state index in [4.69, 9.17) is 4.52 Å². The van der Waals surface area contributed by atoms with Gasteiger partial charge in [0.2, 0.25) is 11.8 Å². The first-order chi connectivity index (χ1) is 17.2. The first kappa shape index (κ1) is 23.7. The van der Waals surface area contributed by atoms with Crippen molar-refractivity contribution in [1.82, 2.24) is 25.3 Å². The SMILES string of the molecule is O=C(CC1CCC1)N[C@@H](CCN1CCC(c2nc(Cc3cccnc3)no2)CC1)c1ccccc1. The van der Waals surface area contributed by atoms with Crippen LogP contribution in [0.4, 0.5) is 0 Å². The summed E-state index contributed by atoms with van der Waals surface area (Å²) in [7, 11) is 0. The molecule has 7 heteroatoms. The van der Waals surface area contributed by atoms with E-state index in [1.54, 1.807) is 6.20 Å². The second-order valence-corrected chi connectivity index (χ2v) is 10.0. The van der Waals surface area contributed by atoms with Crippen LogP contribution < -0.4 is 5.32 Å². The van der Waals surface area contributed by atoms with Crippen molar-refractivity contribution >= 4 is 5.91 Å². The highest BCUT2D eigenvalue weighted by atomic mass is 16.5. The minimum Gasteiger partial charge on any atom is -0.349 e. The first-order valence-electron chi connectivity index (χ1n) is 13.0. The van der Waals surface area contributed by atoms with Crippen LogP contribution in [0.15, 0.2) is 59.4 Å². The Hall–Kier alpha value is -3.06. The third-order valence-corrected chi connectivity index (χ3v) is 7.48. The Morgan fingerprint density at radius 3 is 2.63 bits per heavy atom. The molecule has 184 valence electrons. The molecule has 5 rings (SSSR count). The van der Waals surface area contributed by atoms with E-state index >= 15 is 0 Å². The van der Waals surface area contributed by atoms with Gasteiger partial charge in [-0.25, -0.2) is 0 Å². The van der Waals surface area contributed by atoms with Gasteiger partial charge in [-0.2, -0.15) is 4.98 Å². The summed E-state index contributed by atoms with van der Waals surface area (Å²) in [5.74, 6) is 2.57. The summed E-state index contributed by atoms with van der Waals surface area (Å²) in [6.07, 6.45) is 11.5. The van der Waals surface area contributed by atoms with Crippen LogP contribution in [0.2, 0.25) is 0 Å². The van der Waals surface area contributed by atoms with Gasteiger partial charge in [-0.15, -0.1) is 0 Å². The summed E-state index contributed by atoms with van der Waals surface area (Å²) in [6, 6.07) is 14.4. The Bertz CT molecular complexity index is 1060. The third kappa shape index (κ3) is 6.54. The second-order valence-electron chi connectivity index (χ2n) is 10.0. The smallest absolute Gasteiger partial charge is 0.229 e. The van der Waals surface area contributed by atoms with Crippen LogP contribution in [-0.2, 0) is 11.2 Å². The van der Waals surface area contributed by atoms with Crippen molar-refractivity contribution in [3.63, 3.8) is 0 Å². The lowest BCUT2D eigenvalue weighted by atomic mass is 9.83. The van der Waals surface area contributed by atoms with E-state index in [-0.39, 0.29) is 11.9 Å². The lowest BCUT2D eigenvalue weighted by Crippen LogP contribution is -2.37. The maximum atomic E-state index is 12.6. The molecule has 3 heterocycles. The highest BCUT2D eigenvalue weighted by Gasteiger charge is 2.27. The van der Waals surface area contributed by atoms with Gasteiger partial charge in [0.25, 0.3) is 0 Å². The molecule has 1 aromatic carbocycles. The number of benzene rings is 1. The molecule has 2 aromatic heterocycles. The Morgan fingerprint density at radius 1 is 1.09 bits per heavy atom. The topological polar surface area (TPSA) is 84.2 Å². The number of rotatable bonds is 10. The van der Waals surface area contributed by atoms with Crippen molar-refractivity contribution in [2.45, 2.75) is 63.3 Å². The summed E-state index contributed by atoms with van der Waals surface area (Å²) in [4.78, 5) is 24.0. The van der Waals surface area contributed by atoms with Crippen molar-refractivity contribution in [2.24, 2.45) is 5.92 Å². The van der Waals surface area contributed by atoms with Gasteiger partial charge in [0.1, 0.15) is 0 Å². The first-order valence-corrected chi connectivity index (χ1v) is 13.0.